The van der Waals surface area contributed by atoms with Crippen molar-refractivity contribution in [2.45, 2.75) is 73.0 Å². The van der Waals surface area contributed by atoms with E-state index < -0.39 is 5.60 Å². The maximum Gasteiger partial charge on any atom is 0.340 e. The molecular weight excluding hydrogens is 328 g/mol. The summed E-state index contributed by atoms with van der Waals surface area (Å²) >= 11 is 0. The van der Waals surface area contributed by atoms with Crippen LogP contribution < -0.4 is 0 Å². The molecule has 0 aliphatic heterocycles. The fourth-order valence-corrected chi connectivity index (χ4v) is 3.01. The highest BCUT2D eigenvalue weighted by molar-refractivity contribution is 5.96. The Kier molecular flexibility index (Phi) is 6.11. The minimum absolute atomic E-state index is 0.224. The fraction of sp³-hybridized carbons (Fsp3) is 0.524. The quantitative estimate of drug-likeness (QED) is 0.570. The monoisotopic (exact) mass is 358 g/mol. The number of unbranched alkanes of at least 4 members (excludes halogenated alkanes) is 1. The van der Waals surface area contributed by atoms with Gasteiger partial charge in [0.05, 0.1) is 17.0 Å². The third-order valence-electron chi connectivity index (χ3n) is 4.19. The second-order valence-corrected chi connectivity index (χ2v) is 7.91. The Balaban J connectivity index is 2.29. The molecule has 142 valence electrons. The van der Waals surface area contributed by atoms with Crippen LogP contribution in [0.4, 0.5) is 0 Å². The van der Waals surface area contributed by atoms with Gasteiger partial charge < -0.3 is 19.1 Å². The van der Waals surface area contributed by atoms with E-state index in [1.54, 1.807) is 6.92 Å². The van der Waals surface area contributed by atoms with Crippen molar-refractivity contribution >= 4 is 11.8 Å². The lowest BCUT2D eigenvalue weighted by molar-refractivity contribution is -0.117. The van der Waals surface area contributed by atoms with Gasteiger partial charge in [-0.2, -0.15) is 0 Å². The number of hydrogen-bond acceptors (Lipinski definition) is 3. The number of Topliss-reactive ketones (excluding diaryl/α,β-unsaturated/α-hetero) is 1. The Morgan fingerprint density at radius 3 is 2.46 bits per heavy atom. The van der Waals surface area contributed by atoms with Gasteiger partial charge in [0.1, 0.15) is 11.4 Å². The number of carbonyl (C=O) groups excluding carboxylic acids is 2. The molecule has 0 unspecified atom stereocenters. The number of aryl methyl sites for hydroxylation is 2. The highest BCUT2D eigenvalue weighted by Gasteiger charge is 2.24. The summed E-state index contributed by atoms with van der Waals surface area (Å²) in [5.41, 5.74) is 3.83. The van der Waals surface area contributed by atoms with Crippen molar-refractivity contribution in [3.05, 3.63) is 35.2 Å². The molecule has 0 spiro atoms. The van der Waals surface area contributed by atoms with E-state index in [4.69, 9.17) is 4.74 Å². The third-order valence-corrected chi connectivity index (χ3v) is 4.19. The molecule has 0 radical (unpaired) electrons. The lowest BCUT2D eigenvalue weighted by Crippen LogP contribution is -2.24. The molecule has 0 saturated carbocycles. The predicted molar refractivity (Wildman–Crippen MR) is 103 cm³/mol. The Morgan fingerprint density at radius 1 is 1.15 bits per heavy atom. The Labute approximate surface area is 155 Å². The molecule has 0 bridgehead atoms. The zero-order valence-electron chi connectivity index (χ0n) is 16.7. The standard InChI is InChI=1S/C21H30N2O3/c1-14-13-17(20(25)26-21(4,5)6)19(22-14)18-11-10-15(2)23(18)12-8-7-9-16(3)24/h10-11,13,22H,7-9,12H2,1-6H3. The minimum Gasteiger partial charge on any atom is -0.456 e. The van der Waals surface area contributed by atoms with E-state index in [0.717, 1.165) is 42.2 Å². The number of hydrogen-bond donors (Lipinski definition) is 1. The summed E-state index contributed by atoms with van der Waals surface area (Å²) < 4.78 is 7.76. The van der Waals surface area contributed by atoms with Crippen LogP contribution in [0.25, 0.3) is 11.4 Å². The van der Waals surface area contributed by atoms with E-state index in [2.05, 4.69) is 22.5 Å². The van der Waals surface area contributed by atoms with E-state index in [-0.39, 0.29) is 11.8 Å². The van der Waals surface area contributed by atoms with Crippen molar-refractivity contribution in [2.24, 2.45) is 0 Å². The van der Waals surface area contributed by atoms with Gasteiger partial charge in [0.25, 0.3) is 0 Å². The number of rotatable bonds is 7. The second kappa shape index (κ2) is 7.94. The molecule has 2 rings (SSSR count). The number of H-pyrrole nitrogens is 1. The molecule has 5 nitrogen and oxygen atoms in total. The van der Waals surface area contributed by atoms with Crippen LogP contribution in [0.15, 0.2) is 18.2 Å². The van der Waals surface area contributed by atoms with Crippen molar-refractivity contribution in [3.8, 4) is 11.4 Å². The summed E-state index contributed by atoms with van der Waals surface area (Å²) in [7, 11) is 0. The van der Waals surface area contributed by atoms with Gasteiger partial charge in [-0.1, -0.05) is 0 Å². The first-order valence-corrected chi connectivity index (χ1v) is 9.17. The first-order valence-electron chi connectivity index (χ1n) is 9.17. The molecule has 2 aromatic heterocycles. The number of ketones is 1. The Morgan fingerprint density at radius 2 is 1.85 bits per heavy atom. The highest BCUT2D eigenvalue weighted by atomic mass is 16.6. The smallest absolute Gasteiger partial charge is 0.340 e. The summed E-state index contributed by atoms with van der Waals surface area (Å²) in [4.78, 5) is 27.1. The first-order chi connectivity index (χ1) is 12.1. The van der Waals surface area contributed by atoms with Gasteiger partial charge in [-0.25, -0.2) is 4.79 Å². The van der Waals surface area contributed by atoms with Crippen LogP contribution in [0, 0.1) is 13.8 Å². The molecule has 5 heteroatoms. The summed E-state index contributed by atoms with van der Waals surface area (Å²) in [5, 5.41) is 0. The fourth-order valence-electron chi connectivity index (χ4n) is 3.01. The number of esters is 1. The summed E-state index contributed by atoms with van der Waals surface area (Å²) in [6.07, 6.45) is 2.40. The predicted octanol–water partition coefficient (Wildman–Crippen LogP) is 4.81. The van der Waals surface area contributed by atoms with Crippen LogP contribution in [-0.4, -0.2) is 26.9 Å². The van der Waals surface area contributed by atoms with Gasteiger partial charge in [0.2, 0.25) is 0 Å². The van der Waals surface area contributed by atoms with Crippen LogP contribution in [-0.2, 0) is 16.1 Å². The van der Waals surface area contributed by atoms with Crippen molar-refractivity contribution in [1.29, 1.82) is 0 Å². The Bertz CT molecular complexity index is 791. The van der Waals surface area contributed by atoms with Crippen LogP contribution in [0.5, 0.6) is 0 Å². The van der Waals surface area contributed by atoms with Gasteiger partial charge in [0.15, 0.2) is 0 Å². The molecule has 0 amide bonds. The molecule has 0 aliphatic rings. The van der Waals surface area contributed by atoms with Gasteiger partial charge in [-0.3, -0.25) is 0 Å². The zero-order chi connectivity index (χ0) is 19.5. The molecular formula is C21H30N2O3. The SMILES string of the molecule is CC(=O)CCCCn1c(C)ccc1-c1[nH]c(C)cc1C(=O)OC(C)(C)C. The van der Waals surface area contributed by atoms with Crippen molar-refractivity contribution < 1.29 is 14.3 Å². The van der Waals surface area contributed by atoms with Crippen LogP contribution >= 0.6 is 0 Å². The average Bonchev–Trinajstić information content (AvgIpc) is 3.05. The largest absolute Gasteiger partial charge is 0.456 e. The van der Waals surface area contributed by atoms with E-state index in [1.165, 1.54) is 0 Å². The minimum atomic E-state index is -0.538. The molecule has 1 N–H and O–H groups in total. The molecule has 0 fully saturated rings. The average molecular weight is 358 g/mol. The molecule has 0 saturated heterocycles. The van der Waals surface area contributed by atoms with E-state index in [0.29, 0.717) is 12.0 Å². The highest BCUT2D eigenvalue weighted by Crippen LogP contribution is 2.28. The number of ether oxygens (including phenoxy) is 1. The molecule has 2 aromatic rings. The van der Waals surface area contributed by atoms with Crippen LogP contribution in [0.3, 0.4) is 0 Å². The number of aromatic amines is 1. The van der Waals surface area contributed by atoms with E-state index in [9.17, 15) is 9.59 Å². The number of carbonyl (C=O) groups is 2. The summed E-state index contributed by atoms with van der Waals surface area (Å²) in [5.74, 6) is -0.0968. The molecule has 0 atom stereocenters. The third kappa shape index (κ3) is 5.10. The number of nitrogens with zero attached hydrogens (tertiary/aromatic N) is 1. The maximum atomic E-state index is 12.6. The van der Waals surface area contributed by atoms with E-state index in [1.807, 2.05) is 39.8 Å². The number of nitrogens with one attached hydrogen (secondary N) is 1. The van der Waals surface area contributed by atoms with E-state index >= 15 is 0 Å². The molecule has 26 heavy (non-hydrogen) atoms. The van der Waals surface area contributed by atoms with Gasteiger partial charge in [0, 0.05) is 24.4 Å². The van der Waals surface area contributed by atoms with Crippen LogP contribution in [0.1, 0.15) is 68.7 Å². The Hall–Kier alpha value is -2.30. The second-order valence-electron chi connectivity index (χ2n) is 7.91. The van der Waals surface area contributed by atoms with Crippen molar-refractivity contribution in [2.75, 3.05) is 0 Å². The van der Waals surface area contributed by atoms with Gasteiger partial charge >= 0.3 is 5.97 Å². The van der Waals surface area contributed by atoms with Gasteiger partial charge in [-0.05, 0) is 72.6 Å². The van der Waals surface area contributed by atoms with Gasteiger partial charge in [-0.15, -0.1) is 0 Å². The molecule has 2 heterocycles. The topological polar surface area (TPSA) is 64.1 Å². The lowest BCUT2D eigenvalue weighted by atomic mass is 10.1. The van der Waals surface area contributed by atoms with Crippen molar-refractivity contribution in [3.63, 3.8) is 0 Å². The molecule has 0 aliphatic carbocycles. The van der Waals surface area contributed by atoms with Crippen LogP contribution in [0.2, 0.25) is 0 Å². The van der Waals surface area contributed by atoms with Crippen molar-refractivity contribution in [1.82, 2.24) is 9.55 Å². The maximum absolute atomic E-state index is 12.6. The summed E-state index contributed by atoms with van der Waals surface area (Å²) in [6.45, 7) is 12.0. The first kappa shape index (κ1) is 20.0. The number of aromatic nitrogens is 2. The normalized spacial score (nSPS) is 11.6. The molecule has 0 aromatic carbocycles. The lowest BCUT2D eigenvalue weighted by Gasteiger charge is -2.20. The zero-order valence-corrected chi connectivity index (χ0v) is 16.7. The summed E-state index contributed by atoms with van der Waals surface area (Å²) in [6, 6.07) is 5.92.